The lowest BCUT2D eigenvalue weighted by Crippen LogP contribution is -2.42. The van der Waals surface area contributed by atoms with Gasteiger partial charge in [-0.2, -0.15) is 0 Å². The van der Waals surface area contributed by atoms with E-state index >= 15 is 0 Å². The molecule has 88 valence electrons. The summed E-state index contributed by atoms with van der Waals surface area (Å²) in [5, 5.41) is 0. The van der Waals surface area contributed by atoms with Gasteiger partial charge in [-0.3, -0.25) is 0 Å². The van der Waals surface area contributed by atoms with Crippen LogP contribution in [-0.4, -0.2) is 25.1 Å². The van der Waals surface area contributed by atoms with Crippen molar-refractivity contribution < 1.29 is 14.2 Å². The molecule has 1 fully saturated rings. The van der Waals surface area contributed by atoms with E-state index in [9.17, 15) is 0 Å². The molecule has 1 heterocycles. The molecule has 0 saturated carbocycles. The molecule has 0 spiro atoms. The molecule has 0 amide bonds. The number of hydrogen-bond acceptors (Lipinski definition) is 4. The van der Waals surface area contributed by atoms with Crippen molar-refractivity contribution in [1.82, 2.24) is 0 Å². The number of nitrogen functional groups attached to an aromatic ring is 1. The molecule has 2 N–H and O–H groups in total. The first-order chi connectivity index (χ1) is 7.59. The van der Waals surface area contributed by atoms with Crippen LogP contribution in [-0.2, 0) is 9.47 Å². The van der Waals surface area contributed by atoms with Crippen molar-refractivity contribution in [2.75, 3.05) is 18.9 Å². The molecule has 1 saturated heterocycles. The predicted octanol–water partition coefficient (Wildman–Crippen LogP) is 1.80. The maximum absolute atomic E-state index is 5.84. The van der Waals surface area contributed by atoms with Gasteiger partial charge in [0, 0.05) is 0 Å². The predicted molar refractivity (Wildman–Crippen MR) is 61.3 cm³/mol. The molecule has 4 heteroatoms. The zero-order valence-corrected chi connectivity index (χ0v) is 9.60. The number of hydrogen-bond donors (Lipinski definition) is 1. The fourth-order valence-corrected chi connectivity index (χ4v) is 1.66. The van der Waals surface area contributed by atoms with E-state index in [1.165, 1.54) is 0 Å². The molecule has 1 aliphatic heterocycles. The minimum Gasteiger partial charge on any atom is -0.480 e. The minimum atomic E-state index is -0.550. The Balaban J connectivity index is 2.10. The van der Waals surface area contributed by atoms with E-state index in [2.05, 4.69) is 0 Å². The number of benzene rings is 1. The molecule has 1 aromatic carbocycles. The topological polar surface area (TPSA) is 53.7 Å². The van der Waals surface area contributed by atoms with Gasteiger partial charge in [0.1, 0.15) is 5.75 Å². The lowest BCUT2D eigenvalue weighted by Gasteiger charge is -2.31. The van der Waals surface area contributed by atoms with Crippen LogP contribution in [0.4, 0.5) is 5.69 Å². The Labute approximate surface area is 95.3 Å². The van der Waals surface area contributed by atoms with E-state index in [4.69, 9.17) is 19.9 Å². The number of anilines is 1. The summed E-state index contributed by atoms with van der Waals surface area (Å²) in [4.78, 5) is 0. The van der Waals surface area contributed by atoms with Crippen molar-refractivity contribution in [2.45, 2.75) is 25.7 Å². The van der Waals surface area contributed by atoms with E-state index in [1.54, 1.807) is 0 Å². The zero-order valence-electron chi connectivity index (χ0n) is 9.60. The molecular weight excluding hydrogens is 206 g/mol. The third-order valence-corrected chi connectivity index (χ3v) is 2.48. The zero-order chi connectivity index (χ0) is 11.6. The summed E-state index contributed by atoms with van der Waals surface area (Å²) in [5.74, 6) is 0.659. The van der Waals surface area contributed by atoms with Crippen molar-refractivity contribution in [2.24, 2.45) is 0 Å². The standard InChI is InChI=1S/C12H17NO3/c1-12(2,11-14-7-8-15-11)16-10-6-4-3-5-9(10)13/h3-6,11H,7-8,13H2,1-2H3. The summed E-state index contributed by atoms with van der Waals surface area (Å²) in [5.41, 5.74) is 5.89. The van der Waals surface area contributed by atoms with Crippen LogP contribution < -0.4 is 10.5 Å². The second kappa shape index (κ2) is 4.31. The highest BCUT2D eigenvalue weighted by molar-refractivity contribution is 5.52. The van der Waals surface area contributed by atoms with Gasteiger partial charge in [0.2, 0.25) is 0 Å². The van der Waals surface area contributed by atoms with Gasteiger partial charge in [-0.25, -0.2) is 0 Å². The Morgan fingerprint density at radius 1 is 1.25 bits per heavy atom. The van der Waals surface area contributed by atoms with Crippen LogP contribution in [0.1, 0.15) is 13.8 Å². The smallest absolute Gasteiger partial charge is 0.197 e. The lowest BCUT2D eigenvalue weighted by atomic mass is 10.1. The summed E-state index contributed by atoms with van der Waals surface area (Å²) in [6.45, 7) is 5.08. The molecule has 0 atom stereocenters. The summed E-state index contributed by atoms with van der Waals surface area (Å²) < 4.78 is 16.7. The summed E-state index contributed by atoms with van der Waals surface area (Å²) in [7, 11) is 0. The number of rotatable bonds is 3. The average molecular weight is 223 g/mol. The quantitative estimate of drug-likeness (QED) is 0.794. The molecule has 0 unspecified atom stereocenters. The molecule has 2 rings (SSSR count). The normalized spacial score (nSPS) is 17.6. The molecular formula is C12H17NO3. The van der Waals surface area contributed by atoms with Crippen molar-refractivity contribution in [3.63, 3.8) is 0 Å². The van der Waals surface area contributed by atoms with Crippen LogP contribution in [0.25, 0.3) is 0 Å². The molecule has 1 aliphatic rings. The summed E-state index contributed by atoms with van der Waals surface area (Å²) >= 11 is 0. The van der Waals surface area contributed by atoms with E-state index < -0.39 is 5.60 Å². The number of ether oxygens (including phenoxy) is 3. The summed E-state index contributed by atoms with van der Waals surface area (Å²) in [6, 6.07) is 7.41. The van der Waals surface area contributed by atoms with E-state index in [1.807, 2.05) is 38.1 Å². The second-order valence-electron chi connectivity index (χ2n) is 4.32. The first-order valence-electron chi connectivity index (χ1n) is 5.36. The van der Waals surface area contributed by atoms with Crippen LogP contribution in [0.3, 0.4) is 0 Å². The van der Waals surface area contributed by atoms with Gasteiger partial charge in [0.05, 0.1) is 18.9 Å². The van der Waals surface area contributed by atoms with E-state index in [-0.39, 0.29) is 6.29 Å². The van der Waals surface area contributed by atoms with Gasteiger partial charge in [-0.05, 0) is 26.0 Å². The Hall–Kier alpha value is -1.26. The van der Waals surface area contributed by atoms with Gasteiger partial charge >= 0.3 is 0 Å². The van der Waals surface area contributed by atoms with Crippen LogP contribution in [0.5, 0.6) is 5.75 Å². The van der Waals surface area contributed by atoms with Gasteiger partial charge < -0.3 is 19.9 Å². The maximum atomic E-state index is 5.84. The summed E-state index contributed by atoms with van der Waals surface area (Å²) in [6.07, 6.45) is -0.341. The molecule has 16 heavy (non-hydrogen) atoms. The van der Waals surface area contributed by atoms with E-state index in [0.29, 0.717) is 24.7 Å². The first-order valence-corrected chi connectivity index (χ1v) is 5.36. The van der Waals surface area contributed by atoms with Gasteiger partial charge in [0.25, 0.3) is 0 Å². The van der Waals surface area contributed by atoms with Crippen LogP contribution in [0.15, 0.2) is 24.3 Å². The van der Waals surface area contributed by atoms with Crippen molar-refractivity contribution in [3.05, 3.63) is 24.3 Å². The lowest BCUT2D eigenvalue weighted by molar-refractivity contribution is -0.151. The van der Waals surface area contributed by atoms with Crippen molar-refractivity contribution >= 4 is 5.69 Å². The van der Waals surface area contributed by atoms with Gasteiger partial charge in [-0.15, -0.1) is 0 Å². The first kappa shape index (κ1) is 11.2. The van der Waals surface area contributed by atoms with Gasteiger partial charge in [0.15, 0.2) is 11.9 Å². The maximum Gasteiger partial charge on any atom is 0.197 e. The van der Waals surface area contributed by atoms with E-state index in [0.717, 1.165) is 0 Å². The molecule has 4 nitrogen and oxygen atoms in total. The third-order valence-electron chi connectivity index (χ3n) is 2.48. The molecule has 0 bridgehead atoms. The Morgan fingerprint density at radius 2 is 1.88 bits per heavy atom. The Morgan fingerprint density at radius 3 is 2.50 bits per heavy atom. The van der Waals surface area contributed by atoms with Crippen LogP contribution >= 0.6 is 0 Å². The Bertz CT molecular complexity index is 359. The molecule has 0 radical (unpaired) electrons. The number of para-hydroxylation sites is 2. The van der Waals surface area contributed by atoms with Gasteiger partial charge in [-0.1, -0.05) is 12.1 Å². The van der Waals surface area contributed by atoms with Crippen LogP contribution in [0.2, 0.25) is 0 Å². The molecule has 0 aromatic heterocycles. The monoisotopic (exact) mass is 223 g/mol. The average Bonchev–Trinajstić information content (AvgIpc) is 2.75. The van der Waals surface area contributed by atoms with Crippen molar-refractivity contribution in [3.8, 4) is 5.75 Å². The van der Waals surface area contributed by atoms with Crippen molar-refractivity contribution in [1.29, 1.82) is 0 Å². The largest absolute Gasteiger partial charge is 0.480 e. The Kier molecular flexibility index (Phi) is 3.03. The highest BCUT2D eigenvalue weighted by atomic mass is 16.7. The fourth-order valence-electron chi connectivity index (χ4n) is 1.66. The second-order valence-corrected chi connectivity index (χ2v) is 4.32. The molecule has 0 aliphatic carbocycles. The third kappa shape index (κ3) is 2.28. The molecule has 1 aromatic rings. The minimum absolute atomic E-state index is 0.341. The highest BCUT2D eigenvalue weighted by Crippen LogP contribution is 2.29. The van der Waals surface area contributed by atoms with Crippen LogP contribution in [0, 0.1) is 0 Å². The fraction of sp³-hybridized carbons (Fsp3) is 0.500. The SMILES string of the molecule is CC(C)(Oc1ccccc1N)C1OCCO1. The number of nitrogens with two attached hydrogens (primary N) is 1. The highest BCUT2D eigenvalue weighted by Gasteiger charge is 2.36.